The second kappa shape index (κ2) is 9.06. The maximum atomic E-state index is 12.2. The van der Waals surface area contributed by atoms with Crippen LogP contribution < -0.4 is 0 Å². The van der Waals surface area contributed by atoms with Crippen LogP contribution in [0.1, 0.15) is 27.0 Å². The first-order chi connectivity index (χ1) is 11.8. The molecule has 0 radical (unpaired) electrons. The van der Waals surface area contributed by atoms with E-state index in [0.717, 1.165) is 5.56 Å². The number of hydrogen-bond acceptors (Lipinski definition) is 1. The average molecular weight is 312 g/mol. The predicted octanol–water partition coefficient (Wildman–Crippen LogP) is 5.89. The molecule has 0 heterocycles. The number of carbonyl (C=O) groups excluding carboxylic acids is 1. The third-order valence-electron chi connectivity index (χ3n) is 3.50. The second-order valence-corrected chi connectivity index (χ2v) is 5.10. The summed E-state index contributed by atoms with van der Waals surface area (Å²) < 4.78 is 0. The molecule has 0 unspecified atom stereocenters. The standard InChI is InChI=1S/C15H12O.C8H8/c1-2-12-8-6-7-11-14(12)15(16)13-9-4-3-5-10-13;1-2-8-6-4-3-5-7-8/h2-11H,1H2;2-7H,1H2. The first kappa shape index (κ1) is 17.2. The molecule has 0 bridgehead atoms. The zero-order valence-electron chi connectivity index (χ0n) is 13.6. The fourth-order valence-electron chi connectivity index (χ4n) is 2.22. The van der Waals surface area contributed by atoms with Crippen LogP contribution >= 0.6 is 0 Å². The Morgan fingerprint density at radius 2 is 1.21 bits per heavy atom. The van der Waals surface area contributed by atoms with Gasteiger partial charge in [0.05, 0.1) is 0 Å². The van der Waals surface area contributed by atoms with Crippen molar-refractivity contribution < 1.29 is 4.79 Å². The number of hydrogen-bond donors (Lipinski definition) is 0. The van der Waals surface area contributed by atoms with Gasteiger partial charge in [0.2, 0.25) is 0 Å². The third-order valence-corrected chi connectivity index (χ3v) is 3.50. The minimum atomic E-state index is 0.0381. The van der Waals surface area contributed by atoms with Crippen LogP contribution in [0.15, 0.2) is 98.1 Å². The third kappa shape index (κ3) is 4.65. The van der Waals surface area contributed by atoms with Crippen molar-refractivity contribution in [2.75, 3.05) is 0 Å². The quantitative estimate of drug-likeness (QED) is 0.549. The van der Waals surface area contributed by atoms with Gasteiger partial charge in [0, 0.05) is 11.1 Å². The summed E-state index contributed by atoms with van der Waals surface area (Å²) in [6.07, 6.45) is 3.54. The van der Waals surface area contributed by atoms with Gasteiger partial charge in [-0.1, -0.05) is 110 Å². The molecular weight excluding hydrogens is 292 g/mol. The monoisotopic (exact) mass is 312 g/mol. The van der Waals surface area contributed by atoms with Crippen LogP contribution in [0, 0.1) is 0 Å². The summed E-state index contributed by atoms with van der Waals surface area (Å²) in [5.74, 6) is 0.0381. The molecular formula is C23H20O. The lowest BCUT2D eigenvalue weighted by molar-refractivity contribution is 0.103. The zero-order valence-corrected chi connectivity index (χ0v) is 13.6. The van der Waals surface area contributed by atoms with Crippen LogP contribution in [0.5, 0.6) is 0 Å². The summed E-state index contributed by atoms with van der Waals surface area (Å²) in [6, 6.07) is 26.8. The Balaban J connectivity index is 0.000000219. The molecule has 24 heavy (non-hydrogen) atoms. The van der Waals surface area contributed by atoms with Gasteiger partial charge in [-0.05, 0) is 11.1 Å². The van der Waals surface area contributed by atoms with Crippen LogP contribution in [0.3, 0.4) is 0 Å². The summed E-state index contributed by atoms with van der Waals surface area (Å²) in [5.41, 5.74) is 3.45. The lowest BCUT2D eigenvalue weighted by atomic mass is 9.98. The van der Waals surface area contributed by atoms with Crippen molar-refractivity contribution in [1.82, 2.24) is 0 Å². The Morgan fingerprint density at radius 1 is 0.667 bits per heavy atom. The van der Waals surface area contributed by atoms with Crippen molar-refractivity contribution in [3.63, 3.8) is 0 Å². The van der Waals surface area contributed by atoms with Gasteiger partial charge in [-0.2, -0.15) is 0 Å². The first-order valence-electron chi connectivity index (χ1n) is 7.75. The van der Waals surface area contributed by atoms with E-state index in [4.69, 9.17) is 0 Å². The van der Waals surface area contributed by atoms with E-state index in [2.05, 4.69) is 13.2 Å². The Morgan fingerprint density at radius 3 is 1.75 bits per heavy atom. The van der Waals surface area contributed by atoms with Gasteiger partial charge in [0.1, 0.15) is 0 Å². The van der Waals surface area contributed by atoms with Crippen LogP contribution in [0.25, 0.3) is 12.2 Å². The predicted molar refractivity (Wildman–Crippen MR) is 103 cm³/mol. The molecule has 0 aliphatic rings. The lowest BCUT2D eigenvalue weighted by Crippen LogP contribution is -2.02. The smallest absolute Gasteiger partial charge is 0.193 e. The molecule has 0 atom stereocenters. The maximum absolute atomic E-state index is 12.2. The van der Waals surface area contributed by atoms with Crippen LogP contribution in [0.4, 0.5) is 0 Å². The summed E-state index contributed by atoms with van der Waals surface area (Å²) in [7, 11) is 0. The van der Waals surface area contributed by atoms with E-state index >= 15 is 0 Å². The summed E-state index contributed by atoms with van der Waals surface area (Å²) in [4.78, 5) is 12.2. The zero-order chi connectivity index (χ0) is 17.2. The molecule has 0 aliphatic heterocycles. The number of benzene rings is 3. The molecule has 0 aliphatic carbocycles. The molecule has 0 fully saturated rings. The number of carbonyl (C=O) groups is 1. The van der Waals surface area contributed by atoms with Crippen LogP contribution in [0.2, 0.25) is 0 Å². The first-order valence-corrected chi connectivity index (χ1v) is 7.75. The highest BCUT2D eigenvalue weighted by atomic mass is 16.1. The molecule has 0 saturated heterocycles. The second-order valence-electron chi connectivity index (χ2n) is 5.10. The molecule has 3 aromatic rings. The van der Waals surface area contributed by atoms with Gasteiger partial charge in [-0.3, -0.25) is 4.79 Å². The van der Waals surface area contributed by atoms with E-state index in [1.165, 1.54) is 5.56 Å². The minimum absolute atomic E-state index is 0.0381. The molecule has 0 spiro atoms. The normalized spacial score (nSPS) is 9.33. The SMILES string of the molecule is C=Cc1ccccc1.C=Cc1ccccc1C(=O)c1ccccc1. The van der Waals surface area contributed by atoms with Gasteiger partial charge < -0.3 is 0 Å². The minimum Gasteiger partial charge on any atom is -0.289 e. The van der Waals surface area contributed by atoms with E-state index in [1.807, 2.05) is 91.0 Å². The van der Waals surface area contributed by atoms with E-state index in [0.29, 0.717) is 11.1 Å². The Labute approximate surface area is 143 Å². The van der Waals surface area contributed by atoms with Crippen molar-refractivity contribution >= 4 is 17.9 Å². The molecule has 0 amide bonds. The van der Waals surface area contributed by atoms with Gasteiger partial charge in [0.15, 0.2) is 5.78 Å². The van der Waals surface area contributed by atoms with E-state index in [1.54, 1.807) is 6.08 Å². The van der Waals surface area contributed by atoms with Crippen molar-refractivity contribution in [3.8, 4) is 0 Å². The van der Waals surface area contributed by atoms with Crippen molar-refractivity contribution in [1.29, 1.82) is 0 Å². The highest BCUT2D eigenvalue weighted by Gasteiger charge is 2.10. The van der Waals surface area contributed by atoms with E-state index < -0.39 is 0 Å². The molecule has 3 rings (SSSR count). The Kier molecular flexibility index (Phi) is 6.48. The fraction of sp³-hybridized carbons (Fsp3) is 0. The summed E-state index contributed by atoms with van der Waals surface area (Å²) in [5, 5.41) is 0. The number of rotatable bonds is 4. The van der Waals surface area contributed by atoms with Gasteiger partial charge in [-0.15, -0.1) is 0 Å². The molecule has 1 nitrogen and oxygen atoms in total. The van der Waals surface area contributed by atoms with E-state index in [-0.39, 0.29) is 5.78 Å². The van der Waals surface area contributed by atoms with Gasteiger partial charge >= 0.3 is 0 Å². The molecule has 0 saturated carbocycles. The summed E-state index contributed by atoms with van der Waals surface area (Å²) >= 11 is 0. The van der Waals surface area contributed by atoms with Gasteiger partial charge in [-0.25, -0.2) is 0 Å². The Hall–Kier alpha value is -3.19. The molecule has 0 N–H and O–H groups in total. The van der Waals surface area contributed by atoms with Crippen molar-refractivity contribution in [2.24, 2.45) is 0 Å². The Bertz CT molecular complexity index is 802. The number of ketones is 1. The maximum Gasteiger partial charge on any atom is 0.193 e. The molecule has 1 heteroatoms. The van der Waals surface area contributed by atoms with Crippen LogP contribution in [-0.4, -0.2) is 5.78 Å². The van der Waals surface area contributed by atoms with E-state index in [9.17, 15) is 4.79 Å². The topological polar surface area (TPSA) is 17.1 Å². The van der Waals surface area contributed by atoms with Crippen molar-refractivity contribution in [3.05, 3.63) is 120 Å². The highest BCUT2D eigenvalue weighted by molar-refractivity contribution is 6.10. The highest BCUT2D eigenvalue weighted by Crippen LogP contribution is 2.15. The molecule has 3 aromatic carbocycles. The van der Waals surface area contributed by atoms with Gasteiger partial charge in [0.25, 0.3) is 0 Å². The van der Waals surface area contributed by atoms with Crippen molar-refractivity contribution in [2.45, 2.75) is 0 Å². The molecule has 0 aromatic heterocycles. The fourth-order valence-corrected chi connectivity index (χ4v) is 2.22. The summed E-state index contributed by atoms with van der Waals surface area (Å²) in [6.45, 7) is 7.35. The average Bonchev–Trinajstić information content (AvgIpc) is 2.69. The largest absolute Gasteiger partial charge is 0.289 e. The lowest BCUT2D eigenvalue weighted by Gasteiger charge is -2.04. The molecule has 118 valence electrons. The van der Waals surface area contributed by atoms with Crippen LogP contribution in [-0.2, 0) is 0 Å².